The molecule has 0 fully saturated rings. The van der Waals surface area contributed by atoms with E-state index >= 15 is 0 Å². The molecule has 2 atom stereocenters. The third-order valence-electron chi connectivity index (χ3n) is 2.74. The van der Waals surface area contributed by atoms with Gasteiger partial charge < -0.3 is 25.1 Å². The molecule has 0 spiro atoms. The van der Waals surface area contributed by atoms with Crippen LogP contribution in [0.5, 0.6) is 0 Å². The first-order valence-electron chi connectivity index (χ1n) is 6.02. The first-order chi connectivity index (χ1) is 10.0. The minimum Gasteiger partial charge on any atom is -0.591 e. The molecular weight excluding hydrogens is 301 g/mol. The molecule has 3 N–H and O–H groups in total. The fourth-order valence-electron chi connectivity index (χ4n) is 1.82. The maximum Gasteiger partial charge on any atom is 0.373 e. The Morgan fingerprint density at radius 2 is 2.38 bits per heavy atom. The zero-order chi connectivity index (χ0) is 15.4. The Hall–Kier alpha value is -1.87. The topological polar surface area (TPSA) is 148 Å². The number of aromatic amines is 1. The van der Waals surface area contributed by atoms with Crippen molar-refractivity contribution >= 4 is 25.1 Å². The number of nitrogen functional groups attached to an aromatic ring is 1. The fourth-order valence-corrected chi connectivity index (χ4v) is 2.22. The molecule has 0 radical (unpaired) electrons. The Kier molecular flexibility index (Phi) is 4.97. The third-order valence-corrected chi connectivity index (χ3v) is 3.45. The number of hydrogen-bond donors (Lipinski definition) is 2. The number of aryl methyl sites for hydroxylation is 1. The summed E-state index contributed by atoms with van der Waals surface area (Å²) in [5.74, 6) is 0.0396. The van der Waals surface area contributed by atoms with E-state index < -0.39 is 19.6 Å². The zero-order valence-corrected chi connectivity index (χ0v) is 12.1. The van der Waals surface area contributed by atoms with E-state index in [4.69, 9.17) is 10.5 Å². The van der Waals surface area contributed by atoms with Crippen molar-refractivity contribution < 1.29 is 18.9 Å². The summed E-state index contributed by atoms with van der Waals surface area (Å²) in [5, 5.41) is 0. The van der Waals surface area contributed by atoms with Gasteiger partial charge in [0, 0.05) is 13.7 Å². The van der Waals surface area contributed by atoms with E-state index in [2.05, 4.69) is 19.7 Å². The number of anilines is 1. The summed E-state index contributed by atoms with van der Waals surface area (Å²) in [6.07, 6.45) is 1.82. The molecule has 0 saturated heterocycles. The van der Waals surface area contributed by atoms with Crippen molar-refractivity contribution in [3.63, 3.8) is 0 Å². The highest BCUT2D eigenvalue weighted by Gasteiger charge is 2.21. The summed E-state index contributed by atoms with van der Waals surface area (Å²) in [7, 11) is -1.57. The van der Waals surface area contributed by atoms with Crippen LogP contribution in [0.25, 0.3) is 11.2 Å². The molecule has 2 heterocycles. The van der Waals surface area contributed by atoms with Crippen molar-refractivity contribution in [3.05, 3.63) is 16.7 Å². The van der Waals surface area contributed by atoms with Crippen LogP contribution >= 0.6 is 8.03 Å². The Bertz CT molecular complexity index is 699. The largest absolute Gasteiger partial charge is 0.591 e. The minimum atomic E-state index is -2.81. The number of rotatable bonds is 7. The maximum atomic E-state index is 11.6. The standard InChI is InChI=1S/C10H14N5O5P/c1-19-10(21(17)18)20-4-2-3-15-7-6(12-5-13-7)8(16)14-9(15)11/h5,10H,2-4H2,1H3,(H,12,13)(H2,11,14,16). The summed E-state index contributed by atoms with van der Waals surface area (Å²) in [4.78, 5) is 32.7. The van der Waals surface area contributed by atoms with E-state index in [0.717, 1.165) is 0 Å². The van der Waals surface area contributed by atoms with Crippen molar-refractivity contribution in [1.29, 1.82) is 0 Å². The predicted octanol–water partition coefficient (Wildman–Crippen LogP) is -0.859. The molecule has 0 amide bonds. The van der Waals surface area contributed by atoms with Gasteiger partial charge in [0.1, 0.15) is 0 Å². The summed E-state index contributed by atoms with van der Waals surface area (Å²) in [5.41, 5.74) is 5.88. The highest BCUT2D eigenvalue weighted by atomic mass is 31.1. The average Bonchev–Trinajstić information content (AvgIpc) is 2.91. The van der Waals surface area contributed by atoms with E-state index in [1.807, 2.05) is 0 Å². The lowest BCUT2D eigenvalue weighted by atomic mass is 10.4. The van der Waals surface area contributed by atoms with Crippen molar-refractivity contribution in [2.75, 3.05) is 19.5 Å². The molecule has 10 nitrogen and oxygen atoms in total. The Morgan fingerprint density at radius 3 is 3.05 bits per heavy atom. The molecule has 11 heteroatoms. The Morgan fingerprint density at radius 1 is 1.62 bits per heavy atom. The van der Waals surface area contributed by atoms with Gasteiger partial charge in [-0.1, -0.05) is 4.57 Å². The van der Waals surface area contributed by atoms with E-state index in [-0.39, 0.29) is 18.1 Å². The molecule has 2 aromatic rings. The van der Waals surface area contributed by atoms with Crippen LogP contribution in [0.15, 0.2) is 11.1 Å². The number of hydrogen-bond acceptors (Lipinski definition) is 8. The zero-order valence-electron chi connectivity index (χ0n) is 11.2. The van der Waals surface area contributed by atoms with Crippen LogP contribution < -0.4 is 16.2 Å². The third kappa shape index (κ3) is 3.42. The lowest BCUT2D eigenvalue weighted by molar-refractivity contribution is -0.193. The van der Waals surface area contributed by atoms with E-state index in [0.29, 0.717) is 18.6 Å². The van der Waals surface area contributed by atoms with Gasteiger partial charge >= 0.3 is 19.6 Å². The molecule has 2 rings (SSSR count). The second-order valence-corrected chi connectivity index (χ2v) is 5.07. The molecule has 0 aliphatic rings. The smallest absolute Gasteiger partial charge is 0.373 e. The number of nitrogens with two attached hydrogens (primary N) is 1. The van der Waals surface area contributed by atoms with Crippen LogP contribution in [0.3, 0.4) is 0 Å². The molecular formula is C10H14N5O5P. The summed E-state index contributed by atoms with van der Waals surface area (Å²) >= 11 is 0. The quantitative estimate of drug-likeness (QED) is 0.381. The normalized spacial score (nSPS) is 13.5. The van der Waals surface area contributed by atoms with Gasteiger partial charge in [-0.2, -0.15) is 4.98 Å². The van der Waals surface area contributed by atoms with Gasteiger partial charge in [0.15, 0.2) is 11.2 Å². The van der Waals surface area contributed by atoms with Gasteiger partial charge in [-0.3, -0.25) is 9.36 Å². The van der Waals surface area contributed by atoms with Crippen molar-refractivity contribution in [3.8, 4) is 0 Å². The number of methoxy groups -OCH3 is 1. The summed E-state index contributed by atoms with van der Waals surface area (Å²) < 4.78 is 22.0. The van der Waals surface area contributed by atoms with Crippen LogP contribution in [0.2, 0.25) is 0 Å². The van der Waals surface area contributed by atoms with Gasteiger partial charge in [-0.05, 0) is 6.42 Å². The van der Waals surface area contributed by atoms with Crippen LogP contribution in [-0.4, -0.2) is 39.3 Å². The molecule has 114 valence electrons. The highest BCUT2D eigenvalue weighted by molar-refractivity contribution is 7.36. The van der Waals surface area contributed by atoms with Crippen LogP contribution in [-0.2, 0) is 20.6 Å². The van der Waals surface area contributed by atoms with Gasteiger partial charge in [-0.15, -0.1) is 0 Å². The molecule has 21 heavy (non-hydrogen) atoms. The molecule has 0 aliphatic heterocycles. The number of nitrogens with one attached hydrogen (secondary N) is 1. The first kappa shape index (κ1) is 15.5. The molecule has 0 aliphatic carbocycles. The second kappa shape index (κ2) is 6.72. The Labute approximate surface area is 119 Å². The molecule has 0 saturated carbocycles. The van der Waals surface area contributed by atoms with Gasteiger partial charge in [0.2, 0.25) is 5.95 Å². The van der Waals surface area contributed by atoms with Crippen molar-refractivity contribution in [2.45, 2.75) is 19.0 Å². The molecule has 2 unspecified atom stereocenters. The van der Waals surface area contributed by atoms with Gasteiger partial charge in [0.25, 0.3) is 0 Å². The number of aromatic nitrogens is 4. The van der Waals surface area contributed by atoms with E-state index in [1.54, 1.807) is 4.57 Å². The average molecular weight is 315 g/mol. The monoisotopic (exact) mass is 315 g/mol. The summed E-state index contributed by atoms with van der Waals surface area (Å²) in [6.45, 7) is 0.506. The fraction of sp³-hybridized carbons (Fsp3) is 0.500. The lowest BCUT2D eigenvalue weighted by Gasteiger charge is -2.11. The SMILES string of the molecule is COC(OCCCn1c(N)nc(=O)c2[nH]cnc21)[P+](=O)[O-]. The van der Waals surface area contributed by atoms with Crippen molar-refractivity contribution in [2.24, 2.45) is 0 Å². The molecule has 2 aromatic heterocycles. The lowest BCUT2D eigenvalue weighted by Crippen LogP contribution is -2.20. The number of H-pyrrole nitrogens is 1. The van der Waals surface area contributed by atoms with E-state index in [1.165, 1.54) is 13.4 Å². The number of fused-ring (bicyclic) bond motifs is 1. The van der Waals surface area contributed by atoms with E-state index in [9.17, 15) is 14.3 Å². The van der Waals surface area contributed by atoms with Crippen LogP contribution in [0.4, 0.5) is 5.95 Å². The number of imidazole rings is 1. The highest BCUT2D eigenvalue weighted by Crippen LogP contribution is 2.19. The van der Waals surface area contributed by atoms with Gasteiger partial charge in [0.05, 0.1) is 12.9 Å². The molecule has 0 aromatic carbocycles. The van der Waals surface area contributed by atoms with Gasteiger partial charge in [-0.25, -0.2) is 4.98 Å². The molecule has 0 bridgehead atoms. The first-order valence-corrected chi connectivity index (χ1v) is 7.26. The van der Waals surface area contributed by atoms with Crippen molar-refractivity contribution in [1.82, 2.24) is 19.5 Å². The maximum absolute atomic E-state index is 11.6. The minimum absolute atomic E-state index is 0.0396. The number of nitrogens with zero attached hydrogens (tertiary/aromatic N) is 3. The second-order valence-electron chi connectivity index (χ2n) is 4.08. The predicted molar refractivity (Wildman–Crippen MR) is 71.5 cm³/mol. The number of ether oxygens (including phenoxy) is 2. The Balaban J connectivity index is 2.03. The van der Waals surface area contributed by atoms with Crippen LogP contribution in [0, 0.1) is 0 Å². The summed E-state index contributed by atoms with van der Waals surface area (Å²) in [6, 6.07) is -1.27. The van der Waals surface area contributed by atoms with Crippen LogP contribution in [0.1, 0.15) is 6.42 Å².